The van der Waals surface area contributed by atoms with Gasteiger partial charge in [-0.25, -0.2) is 9.98 Å². The number of rotatable bonds is 9. The van der Waals surface area contributed by atoms with Gasteiger partial charge < -0.3 is 25.2 Å². The molecule has 2 amide bonds. The largest absolute Gasteiger partial charge is 0.467 e. The molecule has 1 aromatic rings. The van der Waals surface area contributed by atoms with Gasteiger partial charge in [-0.15, -0.1) is 0 Å². The summed E-state index contributed by atoms with van der Waals surface area (Å²) < 4.78 is 48.4. The summed E-state index contributed by atoms with van der Waals surface area (Å²) in [5.74, 6) is -1.15. The number of aliphatic hydroxyl groups is 1. The Bertz CT molecular complexity index is 1020. The first kappa shape index (κ1) is 29.5. The number of carbonyl (C=O) groups excluding carboxylic acids is 2. The second-order valence-corrected chi connectivity index (χ2v) is 9.51. The van der Waals surface area contributed by atoms with Crippen LogP contribution in [0.4, 0.5) is 13.2 Å². The summed E-state index contributed by atoms with van der Waals surface area (Å²) in [6.45, 7) is 1.12. The van der Waals surface area contributed by atoms with Crippen LogP contribution in [0.2, 0.25) is 0 Å². The van der Waals surface area contributed by atoms with Gasteiger partial charge in [-0.2, -0.15) is 13.2 Å². The lowest BCUT2D eigenvalue weighted by Crippen LogP contribution is -2.63. The number of amidine groups is 1. The minimum Gasteiger partial charge on any atom is -0.467 e. The minimum absolute atomic E-state index is 0.0697. The van der Waals surface area contributed by atoms with E-state index in [0.717, 1.165) is 31.0 Å². The molecule has 1 aromatic carbocycles. The quantitative estimate of drug-likeness (QED) is 0.324. The number of methoxy groups -OCH3 is 2. The summed E-state index contributed by atoms with van der Waals surface area (Å²) in [4.78, 5) is 34.7. The monoisotopic (exact) mass is 541 g/mol. The molecule has 2 aliphatic rings. The molecule has 2 fully saturated rings. The van der Waals surface area contributed by atoms with Crippen molar-refractivity contribution in [2.75, 3.05) is 40.6 Å². The van der Waals surface area contributed by atoms with Crippen molar-refractivity contribution in [3.05, 3.63) is 35.4 Å². The van der Waals surface area contributed by atoms with Crippen molar-refractivity contribution >= 4 is 24.1 Å². The van der Waals surface area contributed by atoms with Gasteiger partial charge in [0.15, 0.2) is 0 Å². The molecule has 1 aliphatic heterocycles. The van der Waals surface area contributed by atoms with Crippen LogP contribution in [0.15, 0.2) is 34.3 Å². The van der Waals surface area contributed by atoms with Gasteiger partial charge in [0, 0.05) is 44.4 Å². The van der Waals surface area contributed by atoms with Gasteiger partial charge in [0.25, 0.3) is 5.91 Å². The molecule has 0 radical (unpaired) electrons. The number of halogens is 3. The molecule has 0 bridgehead atoms. The Kier molecular flexibility index (Phi) is 10.2. The maximum absolute atomic E-state index is 12.8. The number of nitrogens with zero attached hydrogens (tertiary/aromatic N) is 3. The van der Waals surface area contributed by atoms with Crippen molar-refractivity contribution in [2.45, 2.75) is 56.0 Å². The Morgan fingerprint density at radius 1 is 1.24 bits per heavy atom. The number of likely N-dealkylation sites (tertiary alicyclic amines) is 1. The van der Waals surface area contributed by atoms with Crippen molar-refractivity contribution in [3.63, 3.8) is 0 Å². The molecule has 13 heteroatoms. The van der Waals surface area contributed by atoms with Gasteiger partial charge in [0.05, 0.1) is 30.9 Å². The van der Waals surface area contributed by atoms with Gasteiger partial charge in [-0.05, 0) is 43.9 Å². The van der Waals surface area contributed by atoms with Crippen LogP contribution in [0.25, 0.3) is 0 Å². The van der Waals surface area contributed by atoms with E-state index in [2.05, 4.69) is 25.5 Å². The lowest BCUT2D eigenvalue weighted by atomic mass is 9.79. The van der Waals surface area contributed by atoms with Crippen LogP contribution in [0.1, 0.15) is 48.0 Å². The molecule has 0 spiro atoms. The summed E-state index contributed by atoms with van der Waals surface area (Å²) in [7, 11) is 2.98. The third-order valence-electron chi connectivity index (χ3n) is 6.72. The fraction of sp³-hybridized carbons (Fsp3) is 0.600. The number of ether oxygens (including phenoxy) is 2. The highest BCUT2D eigenvalue weighted by Crippen LogP contribution is 2.34. The Balaban J connectivity index is 1.35. The smallest absolute Gasteiger partial charge is 0.416 e. The van der Waals surface area contributed by atoms with E-state index in [0.29, 0.717) is 38.4 Å². The predicted molar refractivity (Wildman–Crippen MR) is 134 cm³/mol. The van der Waals surface area contributed by atoms with Crippen molar-refractivity contribution < 1.29 is 37.3 Å². The zero-order valence-electron chi connectivity index (χ0n) is 21.5. The molecule has 1 heterocycles. The van der Waals surface area contributed by atoms with E-state index in [-0.39, 0.29) is 30.9 Å². The molecule has 1 saturated carbocycles. The molecule has 10 nitrogen and oxygen atoms in total. The molecule has 3 N–H and O–H groups in total. The first-order valence-corrected chi connectivity index (χ1v) is 12.3. The molecule has 3 rings (SSSR count). The molecular formula is C25H34F3N5O5. The van der Waals surface area contributed by atoms with Crippen LogP contribution >= 0.6 is 0 Å². The number of amides is 2. The number of aliphatic imine (C=N–C) groups is 2. The van der Waals surface area contributed by atoms with Gasteiger partial charge in [-0.3, -0.25) is 14.5 Å². The first-order chi connectivity index (χ1) is 18.0. The Labute approximate surface area is 219 Å². The molecule has 0 aromatic heterocycles. The average molecular weight is 542 g/mol. The maximum atomic E-state index is 12.8. The highest BCUT2D eigenvalue weighted by atomic mass is 19.4. The lowest BCUT2D eigenvalue weighted by molar-refractivity contribution is -0.137. The molecular weight excluding hydrogens is 507 g/mol. The molecule has 1 aliphatic carbocycles. The summed E-state index contributed by atoms with van der Waals surface area (Å²) in [5, 5.41) is 16.1. The highest BCUT2D eigenvalue weighted by Gasteiger charge is 2.39. The molecule has 1 saturated heterocycles. The van der Waals surface area contributed by atoms with Crippen LogP contribution in [0.5, 0.6) is 0 Å². The summed E-state index contributed by atoms with van der Waals surface area (Å²) >= 11 is 0. The predicted octanol–water partition coefficient (Wildman–Crippen LogP) is 1.98. The van der Waals surface area contributed by atoms with Crippen molar-refractivity contribution in [2.24, 2.45) is 9.98 Å². The molecule has 210 valence electrons. The van der Waals surface area contributed by atoms with Gasteiger partial charge in [-0.1, -0.05) is 6.07 Å². The average Bonchev–Trinajstić information content (AvgIpc) is 2.87. The van der Waals surface area contributed by atoms with Crippen LogP contribution in [0, 0.1) is 0 Å². The second kappa shape index (κ2) is 13.2. The standard InChI is InChI=1S/C25H34F3N5O5/c1-37-16-31-23(38-2)29-11-10-24(36)8-6-20(7-9-24)33-14-19(15-33)32-21(34)13-30-22(35)17-4-3-5-18(12-17)25(26,27)28/h3-5,11-12,19-20,36H,6-10,13-16H2,1-2H3,(H,30,35)(H,32,34)/b29-11-,31-23+/t20-,24-. The van der Waals surface area contributed by atoms with Crippen LogP contribution in [-0.2, 0) is 20.4 Å². The fourth-order valence-electron chi connectivity index (χ4n) is 4.56. The number of carbonyl (C=O) groups is 2. The Hall–Kier alpha value is -3.03. The number of alkyl halides is 3. The summed E-state index contributed by atoms with van der Waals surface area (Å²) in [6, 6.07) is 4.47. The Morgan fingerprint density at radius 3 is 2.58 bits per heavy atom. The maximum Gasteiger partial charge on any atom is 0.416 e. The number of nitrogens with one attached hydrogen (secondary N) is 2. The second-order valence-electron chi connectivity index (χ2n) is 9.51. The summed E-state index contributed by atoms with van der Waals surface area (Å²) in [6.07, 6.45) is 0.314. The van der Waals surface area contributed by atoms with Crippen LogP contribution < -0.4 is 10.6 Å². The molecule has 0 atom stereocenters. The van der Waals surface area contributed by atoms with Gasteiger partial charge >= 0.3 is 12.2 Å². The number of hydrogen-bond acceptors (Lipinski definition) is 7. The lowest BCUT2D eigenvalue weighted by Gasteiger charge is -2.48. The van der Waals surface area contributed by atoms with E-state index in [4.69, 9.17) is 9.47 Å². The molecule has 0 unspecified atom stereocenters. The van der Waals surface area contributed by atoms with Crippen molar-refractivity contribution in [1.82, 2.24) is 15.5 Å². The first-order valence-electron chi connectivity index (χ1n) is 12.3. The fourth-order valence-corrected chi connectivity index (χ4v) is 4.56. The Morgan fingerprint density at radius 2 is 1.95 bits per heavy atom. The van der Waals surface area contributed by atoms with Crippen LogP contribution in [-0.4, -0.2) is 92.3 Å². The highest BCUT2D eigenvalue weighted by molar-refractivity contribution is 5.96. The van der Waals surface area contributed by atoms with Gasteiger partial charge in [0.2, 0.25) is 5.91 Å². The van der Waals surface area contributed by atoms with E-state index in [1.165, 1.54) is 20.3 Å². The van der Waals surface area contributed by atoms with Crippen molar-refractivity contribution in [3.8, 4) is 0 Å². The number of benzene rings is 1. The van der Waals surface area contributed by atoms with Gasteiger partial charge in [0.1, 0.15) is 6.73 Å². The van der Waals surface area contributed by atoms with E-state index in [9.17, 15) is 27.9 Å². The SMILES string of the molecule is COC/N=C(\N=C/C[C@]1(O)CC[C@H](N2CC(NC(=O)CNC(=O)c3cccc(C(F)(F)F)c3)C2)CC1)OC. The van der Waals surface area contributed by atoms with E-state index in [1.54, 1.807) is 6.21 Å². The summed E-state index contributed by atoms with van der Waals surface area (Å²) in [5.41, 5.74) is -1.92. The van der Waals surface area contributed by atoms with E-state index < -0.39 is 29.2 Å². The van der Waals surface area contributed by atoms with Crippen molar-refractivity contribution in [1.29, 1.82) is 0 Å². The number of hydrogen-bond donors (Lipinski definition) is 3. The topological polar surface area (TPSA) is 125 Å². The van der Waals surface area contributed by atoms with E-state index in [1.807, 2.05) is 0 Å². The third-order valence-corrected chi connectivity index (χ3v) is 6.72. The third kappa shape index (κ3) is 8.50. The zero-order valence-corrected chi connectivity index (χ0v) is 21.5. The molecule has 38 heavy (non-hydrogen) atoms. The minimum atomic E-state index is -4.55. The van der Waals surface area contributed by atoms with E-state index >= 15 is 0 Å². The normalized spacial score (nSPS) is 23.2. The van der Waals surface area contributed by atoms with Crippen LogP contribution in [0.3, 0.4) is 0 Å². The zero-order chi connectivity index (χ0) is 27.8.